The standard InChI is InChI=1S/C17H17Cl3S/c18-12-17(13-19,15-8-4-5-9-16(15)20)10-11-21-14-6-2-1-3-7-14/h1-9H,10-13H2. The van der Waals surface area contributed by atoms with Gasteiger partial charge in [-0.05, 0) is 35.9 Å². The molecule has 0 aliphatic rings. The minimum Gasteiger partial charge on any atom is -0.126 e. The SMILES string of the molecule is ClCC(CCl)(CCSc1ccccc1)c1ccccc1Cl. The molecule has 0 aliphatic carbocycles. The van der Waals surface area contributed by atoms with Crippen LogP contribution >= 0.6 is 46.6 Å². The number of thioether (sulfide) groups is 1. The van der Waals surface area contributed by atoms with E-state index in [9.17, 15) is 0 Å². The van der Waals surface area contributed by atoms with Gasteiger partial charge in [0.1, 0.15) is 0 Å². The van der Waals surface area contributed by atoms with E-state index in [0.29, 0.717) is 11.8 Å². The summed E-state index contributed by atoms with van der Waals surface area (Å²) in [5.74, 6) is 1.89. The molecule has 0 saturated carbocycles. The zero-order chi connectivity index (χ0) is 15.1. The lowest BCUT2D eigenvalue weighted by Gasteiger charge is -2.31. The van der Waals surface area contributed by atoms with Crippen molar-refractivity contribution in [3.8, 4) is 0 Å². The molecule has 2 aromatic rings. The van der Waals surface area contributed by atoms with Gasteiger partial charge in [0, 0.05) is 27.1 Å². The summed E-state index contributed by atoms with van der Waals surface area (Å²) in [5, 5.41) is 0.739. The van der Waals surface area contributed by atoms with Crippen molar-refractivity contribution < 1.29 is 0 Å². The highest BCUT2D eigenvalue weighted by Crippen LogP contribution is 2.37. The van der Waals surface area contributed by atoms with Gasteiger partial charge >= 0.3 is 0 Å². The van der Waals surface area contributed by atoms with Gasteiger partial charge in [-0.25, -0.2) is 0 Å². The van der Waals surface area contributed by atoms with Crippen molar-refractivity contribution in [2.75, 3.05) is 17.5 Å². The summed E-state index contributed by atoms with van der Waals surface area (Å²) in [6.45, 7) is 0. The third-order valence-electron chi connectivity index (χ3n) is 3.55. The summed E-state index contributed by atoms with van der Waals surface area (Å²) in [6.07, 6.45) is 0.892. The lowest BCUT2D eigenvalue weighted by atomic mass is 9.81. The molecule has 0 bridgehead atoms. The molecule has 0 nitrogen and oxygen atoms in total. The Kier molecular flexibility index (Phi) is 6.75. The number of halogens is 3. The van der Waals surface area contributed by atoms with E-state index >= 15 is 0 Å². The highest BCUT2D eigenvalue weighted by Gasteiger charge is 2.32. The van der Waals surface area contributed by atoms with Crippen LogP contribution in [-0.4, -0.2) is 17.5 Å². The van der Waals surface area contributed by atoms with Gasteiger partial charge in [-0.2, -0.15) is 0 Å². The quantitative estimate of drug-likeness (QED) is 0.416. The Morgan fingerprint density at radius 2 is 1.48 bits per heavy atom. The zero-order valence-electron chi connectivity index (χ0n) is 11.6. The number of hydrogen-bond donors (Lipinski definition) is 0. The number of hydrogen-bond acceptors (Lipinski definition) is 1. The summed E-state index contributed by atoms with van der Waals surface area (Å²) in [4.78, 5) is 1.26. The van der Waals surface area contributed by atoms with Crippen LogP contribution in [-0.2, 0) is 5.41 Å². The minimum absolute atomic E-state index is 0.275. The molecule has 0 amide bonds. The predicted octanol–water partition coefficient (Wildman–Crippen LogP) is 6.24. The molecule has 0 atom stereocenters. The predicted molar refractivity (Wildman–Crippen MR) is 96.4 cm³/mol. The second-order valence-corrected chi connectivity index (χ2v) is 7.05. The molecule has 21 heavy (non-hydrogen) atoms. The first-order valence-corrected chi connectivity index (χ1v) is 9.20. The van der Waals surface area contributed by atoms with E-state index in [4.69, 9.17) is 34.8 Å². The van der Waals surface area contributed by atoms with Crippen LogP contribution in [0.3, 0.4) is 0 Å². The Labute approximate surface area is 145 Å². The van der Waals surface area contributed by atoms with Gasteiger partial charge in [-0.3, -0.25) is 0 Å². The van der Waals surface area contributed by atoms with Gasteiger partial charge in [-0.1, -0.05) is 48.0 Å². The van der Waals surface area contributed by atoms with Crippen LogP contribution in [0, 0.1) is 0 Å². The summed E-state index contributed by atoms with van der Waals surface area (Å²) < 4.78 is 0. The van der Waals surface area contributed by atoms with Gasteiger partial charge in [0.25, 0.3) is 0 Å². The molecule has 0 heterocycles. The molecule has 0 aliphatic heterocycles. The molecule has 0 N–H and O–H groups in total. The summed E-state index contributed by atoms with van der Waals surface area (Å²) in [6, 6.07) is 18.2. The zero-order valence-corrected chi connectivity index (χ0v) is 14.7. The number of rotatable bonds is 7. The second-order valence-electron chi connectivity index (χ2n) is 4.94. The van der Waals surface area contributed by atoms with Crippen LogP contribution in [0.15, 0.2) is 59.5 Å². The molecule has 4 heteroatoms. The molecule has 0 fully saturated rings. The molecule has 2 rings (SSSR count). The average molecular weight is 360 g/mol. The molecule has 0 saturated heterocycles. The maximum atomic E-state index is 6.34. The fourth-order valence-electron chi connectivity index (χ4n) is 2.22. The van der Waals surface area contributed by atoms with Crippen molar-refractivity contribution in [3.05, 3.63) is 65.2 Å². The molecular formula is C17H17Cl3S. The van der Waals surface area contributed by atoms with Gasteiger partial charge in [-0.15, -0.1) is 35.0 Å². The highest BCUT2D eigenvalue weighted by molar-refractivity contribution is 7.99. The lowest BCUT2D eigenvalue weighted by Crippen LogP contribution is -2.31. The van der Waals surface area contributed by atoms with Crippen molar-refractivity contribution in [1.82, 2.24) is 0 Å². The van der Waals surface area contributed by atoms with Crippen LogP contribution in [0.1, 0.15) is 12.0 Å². The highest BCUT2D eigenvalue weighted by atomic mass is 35.5. The molecule has 0 unspecified atom stereocenters. The molecule has 0 radical (unpaired) electrons. The van der Waals surface area contributed by atoms with Crippen LogP contribution in [0.4, 0.5) is 0 Å². The van der Waals surface area contributed by atoms with Crippen molar-refractivity contribution in [2.24, 2.45) is 0 Å². The number of benzene rings is 2. The normalized spacial score (nSPS) is 11.6. The molecular weight excluding hydrogens is 343 g/mol. The maximum Gasteiger partial charge on any atom is 0.0444 e. The molecule has 0 spiro atoms. The van der Waals surface area contributed by atoms with Crippen LogP contribution < -0.4 is 0 Å². The van der Waals surface area contributed by atoms with Gasteiger partial charge in [0.05, 0.1) is 0 Å². The van der Waals surface area contributed by atoms with E-state index in [0.717, 1.165) is 22.8 Å². The Hall–Kier alpha value is -0.340. The maximum absolute atomic E-state index is 6.34. The van der Waals surface area contributed by atoms with Crippen molar-refractivity contribution in [2.45, 2.75) is 16.7 Å². The van der Waals surface area contributed by atoms with Gasteiger partial charge in [0.2, 0.25) is 0 Å². The number of alkyl halides is 2. The third-order valence-corrected chi connectivity index (χ3v) is 5.92. The summed E-state index contributed by atoms with van der Waals surface area (Å²) in [7, 11) is 0. The Morgan fingerprint density at radius 3 is 2.10 bits per heavy atom. The van der Waals surface area contributed by atoms with E-state index in [1.165, 1.54) is 4.90 Å². The molecule has 2 aromatic carbocycles. The van der Waals surface area contributed by atoms with E-state index in [1.807, 2.05) is 54.2 Å². The first-order chi connectivity index (χ1) is 10.2. The van der Waals surface area contributed by atoms with E-state index in [-0.39, 0.29) is 5.41 Å². The smallest absolute Gasteiger partial charge is 0.0444 e. The minimum atomic E-state index is -0.275. The van der Waals surface area contributed by atoms with Crippen molar-refractivity contribution in [1.29, 1.82) is 0 Å². The molecule has 112 valence electrons. The van der Waals surface area contributed by atoms with Gasteiger partial charge in [0.15, 0.2) is 0 Å². The van der Waals surface area contributed by atoms with Crippen LogP contribution in [0.5, 0.6) is 0 Å². The monoisotopic (exact) mass is 358 g/mol. The Balaban J connectivity index is 2.10. The fraction of sp³-hybridized carbons (Fsp3) is 0.294. The second kappa shape index (κ2) is 8.33. The average Bonchev–Trinajstić information content (AvgIpc) is 2.54. The first kappa shape index (κ1) is 17.0. The Bertz CT molecular complexity index is 553. The lowest BCUT2D eigenvalue weighted by molar-refractivity contribution is 0.525. The van der Waals surface area contributed by atoms with E-state index in [1.54, 1.807) is 0 Å². The van der Waals surface area contributed by atoms with Crippen molar-refractivity contribution >= 4 is 46.6 Å². The summed E-state index contributed by atoms with van der Waals surface area (Å²) in [5.41, 5.74) is 0.772. The van der Waals surface area contributed by atoms with Crippen LogP contribution in [0.25, 0.3) is 0 Å². The van der Waals surface area contributed by atoms with Crippen molar-refractivity contribution in [3.63, 3.8) is 0 Å². The first-order valence-electron chi connectivity index (χ1n) is 6.76. The topological polar surface area (TPSA) is 0 Å². The van der Waals surface area contributed by atoms with E-state index < -0.39 is 0 Å². The Morgan fingerprint density at radius 1 is 0.857 bits per heavy atom. The van der Waals surface area contributed by atoms with Crippen LogP contribution in [0.2, 0.25) is 5.02 Å². The largest absolute Gasteiger partial charge is 0.126 e. The summed E-state index contributed by atoms with van der Waals surface area (Å²) >= 11 is 20.7. The van der Waals surface area contributed by atoms with E-state index in [2.05, 4.69) is 12.1 Å². The fourth-order valence-corrected chi connectivity index (χ4v) is 4.48. The molecule has 0 aromatic heterocycles. The van der Waals surface area contributed by atoms with Gasteiger partial charge < -0.3 is 0 Å². The third kappa shape index (κ3) is 4.32.